The first kappa shape index (κ1) is 21.2. The molecule has 0 heterocycles. The Labute approximate surface area is 167 Å². The van der Waals surface area contributed by atoms with Crippen LogP contribution < -0.4 is 15.6 Å². The van der Waals surface area contributed by atoms with Gasteiger partial charge < -0.3 is 4.74 Å². The summed E-state index contributed by atoms with van der Waals surface area (Å²) in [6, 6.07) is 10.9. The summed E-state index contributed by atoms with van der Waals surface area (Å²) in [6.07, 6.45) is 0. The van der Waals surface area contributed by atoms with Crippen molar-refractivity contribution >= 4 is 29.1 Å². The Morgan fingerprint density at radius 1 is 1.11 bits per heavy atom. The van der Waals surface area contributed by atoms with Crippen molar-refractivity contribution in [2.45, 2.75) is 26.2 Å². The summed E-state index contributed by atoms with van der Waals surface area (Å²) in [4.78, 5) is 34.0. The van der Waals surface area contributed by atoms with Crippen LogP contribution in [0, 0.1) is 10.1 Å². The Morgan fingerprint density at radius 2 is 1.75 bits per heavy atom. The average molecular weight is 406 g/mol. The molecular weight excluding hydrogens is 386 g/mol. The lowest BCUT2D eigenvalue weighted by Crippen LogP contribution is -2.43. The number of nitrogens with zero attached hydrogens (tertiary/aromatic N) is 1. The quantitative estimate of drug-likeness (QED) is 0.585. The normalized spacial score (nSPS) is 10.9. The molecule has 0 saturated carbocycles. The number of nitro groups is 1. The van der Waals surface area contributed by atoms with Crippen molar-refractivity contribution in [1.82, 2.24) is 10.9 Å². The molecule has 0 aliphatic carbocycles. The SMILES string of the molecule is CC(C)(C)c1ccc(OCC(=O)NNC(=O)c2ccc(Cl)c([N+](=O)[O-])c2)cc1. The lowest BCUT2D eigenvalue weighted by atomic mass is 9.87. The summed E-state index contributed by atoms with van der Waals surface area (Å²) in [7, 11) is 0. The first-order valence-electron chi connectivity index (χ1n) is 8.34. The van der Waals surface area contributed by atoms with Crippen molar-refractivity contribution in [2.75, 3.05) is 6.61 Å². The van der Waals surface area contributed by atoms with Gasteiger partial charge in [0.05, 0.1) is 4.92 Å². The number of hydrogen-bond donors (Lipinski definition) is 2. The molecule has 0 radical (unpaired) electrons. The highest BCUT2D eigenvalue weighted by molar-refractivity contribution is 6.32. The fourth-order valence-electron chi connectivity index (χ4n) is 2.23. The molecule has 0 atom stereocenters. The molecule has 2 rings (SSSR count). The van der Waals surface area contributed by atoms with Crippen LogP contribution >= 0.6 is 11.6 Å². The number of hydrazine groups is 1. The standard InChI is InChI=1S/C19H20ClN3O5/c1-19(2,3)13-5-7-14(8-6-13)28-11-17(24)21-22-18(25)12-4-9-15(20)16(10-12)23(26)27/h4-10H,11H2,1-3H3,(H,21,24)(H,22,25). The van der Waals surface area contributed by atoms with E-state index in [4.69, 9.17) is 16.3 Å². The smallest absolute Gasteiger partial charge is 0.288 e. The van der Waals surface area contributed by atoms with E-state index in [-0.39, 0.29) is 22.6 Å². The molecule has 2 aromatic rings. The molecule has 0 fully saturated rings. The molecule has 0 aliphatic heterocycles. The Hall–Kier alpha value is -3.13. The molecule has 2 N–H and O–H groups in total. The predicted molar refractivity (Wildman–Crippen MR) is 104 cm³/mol. The highest BCUT2D eigenvalue weighted by Gasteiger charge is 2.17. The van der Waals surface area contributed by atoms with E-state index >= 15 is 0 Å². The second kappa shape index (κ2) is 8.71. The molecule has 9 heteroatoms. The number of hydrogen-bond acceptors (Lipinski definition) is 5. The molecule has 0 saturated heterocycles. The molecule has 0 bridgehead atoms. The number of nitrogens with one attached hydrogen (secondary N) is 2. The monoisotopic (exact) mass is 405 g/mol. The Balaban J connectivity index is 1.86. The summed E-state index contributed by atoms with van der Waals surface area (Å²) in [5.74, 6) is -0.790. The number of carbonyl (C=O) groups excluding carboxylic acids is 2. The predicted octanol–water partition coefficient (Wildman–Crippen LogP) is 3.39. The lowest BCUT2D eigenvalue weighted by molar-refractivity contribution is -0.384. The van der Waals surface area contributed by atoms with Crippen LogP contribution in [0.1, 0.15) is 36.7 Å². The maximum atomic E-state index is 12.0. The van der Waals surface area contributed by atoms with Gasteiger partial charge in [-0.1, -0.05) is 44.5 Å². The Morgan fingerprint density at radius 3 is 2.32 bits per heavy atom. The maximum Gasteiger partial charge on any atom is 0.288 e. The van der Waals surface area contributed by atoms with Gasteiger partial charge >= 0.3 is 0 Å². The van der Waals surface area contributed by atoms with Gasteiger partial charge in [0.1, 0.15) is 10.8 Å². The van der Waals surface area contributed by atoms with Gasteiger partial charge in [0.15, 0.2) is 6.61 Å². The van der Waals surface area contributed by atoms with E-state index < -0.39 is 22.4 Å². The molecule has 0 unspecified atom stereocenters. The van der Waals surface area contributed by atoms with Crippen molar-refractivity contribution in [3.05, 3.63) is 68.7 Å². The van der Waals surface area contributed by atoms with Crippen LogP contribution in [0.3, 0.4) is 0 Å². The van der Waals surface area contributed by atoms with E-state index in [0.29, 0.717) is 5.75 Å². The largest absolute Gasteiger partial charge is 0.484 e. The number of carbonyl (C=O) groups is 2. The number of halogens is 1. The van der Waals surface area contributed by atoms with Crippen LogP contribution in [0.4, 0.5) is 5.69 Å². The van der Waals surface area contributed by atoms with E-state index in [0.717, 1.165) is 11.6 Å². The summed E-state index contributed by atoms with van der Waals surface area (Å²) in [5.41, 5.74) is 5.07. The van der Waals surface area contributed by atoms with Gasteiger partial charge in [0, 0.05) is 11.6 Å². The lowest BCUT2D eigenvalue weighted by Gasteiger charge is -2.19. The van der Waals surface area contributed by atoms with Gasteiger partial charge in [-0.25, -0.2) is 0 Å². The second-order valence-corrected chi connectivity index (χ2v) is 7.40. The number of rotatable bonds is 5. The zero-order valence-corrected chi connectivity index (χ0v) is 16.4. The van der Waals surface area contributed by atoms with Crippen LogP contribution in [-0.4, -0.2) is 23.3 Å². The molecule has 2 amide bonds. The van der Waals surface area contributed by atoms with Gasteiger partial charge in [0.2, 0.25) is 0 Å². The Bertz CT molecular complexity index is 891. The van der Waals surface area contributed by atoms with Gasteiger partial charge in [-0.05, 0) is 35.2 Å². The summed E-state index contributed by atoms with van der Waals surface area (Å²) in [5, 5.41) is 10.8. The van der Waals surface area contributed by atoms with Crippen LogP contribution in [0.5, 0.6) is 5.75 Å². The minimum atomic E-state index is -0.720. The van der Waals surface area contributed by atoms with Crippen molar-refractivity contribution in [3.63, 3.8) is 0 Å². The molecule has 8 nitrogen and oxygen atoms in total. The van der Waals surface area contributed by atoms with Gasteiger partial charge in [-0.3, -0.25) is 30.6 Å². The first-order valence-corrected chi connectivity index (χ1v) is 8.72. The van der Waals surface area contributed by atoms with Crippen LogP contribution in [-0.2, 0) is 10.2 Å². The molecular formula is C19H20ClN3O5. The first-order chi connectivity index (χ1) is 13.1. The molecule has 0 spiro atoms. The number of ether oxygens (including phenoxy) is 1. The molecule has 0 aromatic heterocycles. The Kier molecular flexibility index (Phi) is 6.58. The molecule has 0 aliphatic rings. The van der Waals surface area contributed by atoms with E-state index in [9.17, 15) is 19.7 Å². The summed E-state index contributed by atoms with van der Waals surface area (Å²) < 4.78 is 5.37. The topological polar surface area (TPSA) is 111 Å². The average Bonchev–Trinajstić information content (AvgIpc) is 2.64. The third kappa shape index (κ3) is 5.68. The van der Waals surface area contributed by atoms with Crippen molar-refractivity contribution in [1.29, 1.82) is 0 Å². The zero-order chi connectivity index (χ0) is 20.9. The minimum Gasteiger partial charge on any atom is -0.484 e. The molecule has 148 valence electrons. The molecule has 28 heavy (non-hydrogen) atoms. The third-order valence-corrected chi connectivity index (χ3v) is 4.13. The highest BCUT2D eigenvalue weighted by atomic mass is 35.5. The fraction of sp³-hybridized carbons (Fsp3) is 0.263. The van der Waals surface area contributed by atoms with E-state index in [2.05, 4.69) is 31.6 Å². The maximum absolute atomic E-state index is 12.0. The summed E-state index contributed by atoms with van der Waals surface area (Å²) in [6.45, 7) is 5.97. The van der Waals surface area contributed by atoms with Gasteiger partial charge in [-0.15, -0.1) is 0 Å². The number of benzene rings is 2. The van der Waals surface area contributed by atoms with Crippen molar-refractivity contribution < 1.29 is 19.2 Å². The molecule has 2 aromatic carbocycles. The zero-order valence-electron chi connectivity index (χ0n) is 15.6. The van der Waals surface area contributed by atoms with Gasteiger partial charge in [0.25, 0.3) is 17.5 Å². The van der Waals surface area contributed by atoms with Gasteiger partial charge in [-0.2, -0.15) is 0 Å². The third-order valence-electron chi connectivity index (χ3n) is 3.81. The van der Waals surface area contributed by atoms with E-state index in [1.165, 1.54) is 12.1 Å². The number of amides is 2. The number of nitro benzene ring substituents is 1. The van der Waals surface area contributed by atoms with Crippen molar-refractivity contribution in [2.24, 2.45) is 0 Å². The van der Waals surface area contributed by atoms with Crippen LogP contribution in [0.15, 0.2) is 42.5 Å². The minimum absolute atomic E-state index is 0.0108. The van der Waals surface area contributed by atoms with E-state index in [1.54, 1.807) is 12.1 Å². The van der Waals surface area contributed by atoms with E-state index in [1.807, 2.05) is 12.1 Å². The van der Waals surface area contributed by atoms with Crippen LogP contribution in [0.2, 0.25) is 5.02 Å². The second-order valence-electron chi connectivity index (χ2n) is 6.99. The fourth-order valence-corrected chi connectivity index (χ4v) is 2.42. The summed E-state index contributed by atoms with van der Waals surface area (Å²) >= 11 is 5.70. The van der Waals surface area contributed by atoms with Crippen molar-refractivity contribution in [3.8, 4) is 5.75 Å². The van der Waals surface area contributed by atoms with Crippen LogP contribution in [0.25, 0.3) is 0 Å². The highest BCUT2D eigenvalue weighted by Crippen LogP contribution is 2.25.